The van der Waals surface area contributed by atoms with Gasteiger partial charge in [-0.2, -0.15) is 0 Å². The molecule has 1 fully saturated rings. The van der Waals surface area contributed by atoms with Gasteiger partial charge in [-0.05, 0) is 44.1 Å². The minimum absolute atomic E-state index is 0.154. The first-order valence-corrected chi connectivity index (χ1v) is 10.7. The number of aryl methyl sites for hydroxylation is 2. The summed E-state index contributed by atoms with van der Waals surface area (Å²) in [7, 11) is 1.31. The number of rotatable bonds is 7. The maximum atomic E-state index is 12.9. The van der Waals surface area contributed by atoms with Crippen molar-refractivity contribution in [2.75, 3.05) is 43.9 Å². The molecule has 1 aliphatic heterocycles. The van der Waals surface area contributed by atoms with Crippen LogP contribution in [0.2, 0.25) is 0 Å². The SMILES string of the molecule is COC(=O)c1scc(C)c1NC(=O)C[N+]1(CC(=O)Nc2nocc2C)CCCCC1. The summed E-state index contributed by atoms with van der Waals surface area (Å²) in [5, 5.41) is 11.2. The fourth-order valence-electron chi connectivity index (χ4n) is 3.76. The molecule has 3 heterocycles. The molecule has 0 radical (unpaired) electrons. The van der Waals surface area contributed by atoms with E-state index in [1.54, 1.807) is 12.3 Å². The quantitative estimate of drug-likeness (QED) is 0.511. The molecule has 0 spiro atoms. The number of carbonyl (C=O) groups is 3. The second kappa shape index (κ2) is 9.40. The molecule has 1 saturated heterocycles. The molecule has 2 amide bonds. The fraction of sp³-hybridized carbons (Fsp3) is 0.500. The second-order valence-electron chi connectivity index (χ2n) is 7.72. The molecule has 3 rings (SSSR count). The summed E-state index contributed by atoms with van der Waals surface area (Å²) in [5.74, 6) is -0.513. The van der Waals surface area contributed by atoms with Crippen LogP contribution in [0, 0.1) is 13.8 Å². The van der Waals surface area contributed by atoms with Crippen molar-refractivity contribution in [3.8, 4) is 0 Å². The molecular weight excluding hydrogens is 408 g/mol. The highest BCUT2D eigenvalue weighted by atomic mass is 32.1. The Morgan fingerprint density at radius 2 is 1.77 bits per heavy atom. The maximum Gasteiger partial charge on any atom is 0.350 e. The number of likely N-dealkylation sites (tertiary alicyclic amines) is 1. The van der Waals surface area contributed by atoms with Crippen LogP contribution >= 0.6 is 11.3 Å². The molecule has 0 aliphatic carbocycles. The van der Waals surface area contributed by atoms with Gasteiger partial charge in [-0.3, -0.25) is 9.59 Å². The summed E-state index contributed by atoms with van der Waals surface area (Å²) in [6.07, 6.45) is 4.46. The number of methoxy groups -OCH3 is 1. The summed E-state index contributed by atoms with van der Waals surface area (Å²) < 4.78 is 10.0. The largest absolute Gasteiger partial charge is 0.465 e. The van der Waals surface area contributed by atoms with Gasteiger partial charge in [0.05, 0.1) is 25.9 Å². The lowest BCUT2D eigenvalue weighted by Gasteiger charge is -2.40. The molecule has 30 heavy (non-hydrogen) atoms. The van der Waals surface area contributed by atoms with Crippen LogP contribution in [0.4, 0.5) is 11.5 Å². The Labute approximate surface area is 179 Å². The van der Waals surface area contributed by atoms with E-state index in [4.69, 9.17) is 9.26 Å². The Bertz CT molecular complexity index is 930. The van der Waals surface area contributed by atoms with Gasteiger partial charge in [-0.25, -0.2) is 4.79 Å². The van der Waals surface area contributed by atoms with Crippen LogP contribution in [0.5, 0.6) is 0 Å². The predicted octanol–water partition coefficient (Wildman–Crippen LogP) is 2.72. The Morgan fingerprint density at radius 3 is 2.37 bits per heavy atom. The fourth-order valence-corrected chi connectivity index (χ4v) is 4.69. The molecule has 162 valence electrons. The van der Waals surface area contributed by atoms with Crippen LogP contribution in [0.25, 0.3) is 0 Å². The third-order valence-electron chi connectivity index (χ3n) is 5.34. The maximum absolute atomic E-state index is 12.9. The number of esters is 1. The van der Waals surface area contributed by atoms with E-state index < -0.39 is 5.97 Å². The summed E-state index contributed by atoms with van der Waals surface area (Å²) in [5.41, 5.74) is 2.03. The van der Waals surface area contributed by atoms with E-state index in [0.717, 1.165) is 43.5 Å². The number of carbonyl (C=O) groups excluding carboxylic acids is 3. The van der Waals surface area contributed by atoms with Crippen molar-refractivity contribution < 1.29 is 28.1 Å². The average molecular weight is 436 g/mol. The first-order valence-electron chi connectivity index (χ1n) is 9.86. The number of amides is 2. The van der Waals surface area contributed by atoms with E-state index in [-0.39, 0.29) is 24.9 Å². The van der Waals surface area contributed by atoms with E-state index in [1.807, 2.05) is 6.92 Å². The molecule has 0 saturated carbocycles. The van der Waals surface area contributed by atoms with Crippen molar-refractivity contribution in [3.63, 3.8) is 0 Å². The smallest absolute Gasteiger partial charge is 0.350 e. The zero-order chi connectivity index (χ0) is 21.7. The van der Waals surface area contributed by atoms with E-state index in [9.17, 15) is 14.4 Å². The van der Waals surface area contributed by atoms with Gasteiger partial charge in [0.25, 0.3) is 11.8 Å². The van der Waals surface area contributed by atoms with E-state index >= 15 is 0 Å². The normalized spacial score (nSPS) is 15.4. The molecule has 1 aliphatic rings. The van der Waals surface area contributed by atoms with E-state index in [2.05, 4.69) is 15.8 Å². The second-order valence-corrected chi connectivity index (χ2v) is 8.60. The average Bonchev–Trinajstić information content (AvgIpc) is 3.27. The molecule has 9 nitrogen and oxygen atoms in total. The summed E-state index contributed by atoms with van der Waals surface area (Å²) >= 11 is 1.24. The van der Waals surface area contributed by atoms with Crippen molar-refractivity contribution in [3.05, 3.63) is 27.6 Å². The molecule has 0 aromatic carbocycles. The minimum atomic E-state index is -0.479. The Morgan fingerprint density at radius 1 is 1.10 bits per heavy atom. The lowest BCUT2D eigenvalue weighted by atomic mass is 10.1. The number of aromatic nitrogens is 1. The van der Waals surface area contributed by atoms with Crippen molar-refractivity contribution in [1.82, 2.24) is 5.16 Å². The van der Waals surface area contributed by atoms with Gasteiger partial charge >= 0.3 is 5.97 Å². The molecule has 10 heteroatoms. The van der Waals surface area contributed by atoms with Crippen LogP contribution < -0.4 is 10.6 Å². The zero-order valence-electron chi connectivity index (χ0n) is 17.4. The number of hydrogen-bond donors (Lipinski definition) is 2. The number of hydrogen-bond acceptors (Lipinski definition) is 7. The highest BCUT2D eigenvalue weighted by Gasteiger charge is 2.35. The molecular formula is C20H27N4O5S+. The first kappa shape index (κ1) is 22.0. The molecule has 0 bridgehead atoms. The lowest BCUT2D eigenvalue weighted by molar-refractivity contribution is -0.917. The number of nitrogens with one attached hydrogen (secondary N) is 2. The van der Waals surface area contributed by atoms with Crippen molar-refractivity contribution in [2.24, 2.45) is 0 Å². The highest BCUT2D eigenvalue weighted by molar-refractivity contribution is 7.12. The van der Waals surface area contributed by atoms with E-state index in [0.29, 0.717) is 20.9 Å². The Balaban J connectivity index is 1.71. The molecule has 2 aromatic heterocycles. The standard InChI is InChI=1S/C20H26N4O5S/c1-13-11-29-23-19(13)22-16(26)10-24(7-5-4-6-8-24)9-15(25)21-17-14(2)12-30-18(17)20(27)28-3/h11-12H,4-10H2,1-3H3,(H-,21,22,23,25,26,27)/p+1. The summed E-state index contributed by atoms with van der Waals surface area (Å²) in [6.45, 7) is 5.44. The lowest BCUT2D eigenvalue weighted by Crippen LogP contribution is -2.58. The van der Waals surface area contributed by atoms with Gasteiger partial charge in [0.15, 0.2) is 18.9 Å². The van der Waals surface area contributed by atoms with E-state index in [1.165, 1.54) is 24.7 Å². The first-order chi connectivity index (χ1) is 14.3. The topological polar surface area (TPSA) is 111 Å². The van der Waals surface area contributed by atoms with Crippen LogP contribution in [0.1, 0.15) is 40.1 Å². The number of piperidine rings is 1. The monoisotopic (exact) mass is 435 g/mol. The van der Waals surface area contributed by atoms with Crippen molar-refractivity contribution in [1.29, 1.82) is 0 Å². The van der Waals surface area contributed by atoms with Crippen molar-refractivity contribution >= 4 is 40.6 Å². The van der Waals surface area contributed by atoms with Crippen molar-refractivity contribution in [2.45, 2.75) is 33.1 Å². The molecule has 0 atom stereocenters. The molecule has 0 unspecified atom stereocenters. The van der Waals surface area contributed by atoms with Crippen LogP contribution in [-0.4, -0.2) is 60.7 Å². The minimum Gasteiger partial charge on any atom is -0.465 e. The summed E-state index contributed by atoms with van der Waals surface area (Å²) in [6, 6.07) is 0. The van der Waals surface area contributed by atoms with Crippen LogP contribution in [0.15, 0.2) is 16.2 Å². The summed E-state index contributed by atoms with van der Waals surface area (Å²) in [4.78, 5) is 37.9. The molecule has 2 aromatic rings. The number of ether oxygens (including phenoxy) is 1. The van der Waals surface area contributed by atoms with Gasteiger partial charge in [0, 0.05) is 5.56 Å². The number of thiophene rings is 1. The van der Waals surface area contributed by atoms with Gasteiger partial charge in [0.1, 0.15) is 11.1 Å². The number of nitrogens with zero attached hydrogens (tertiary/aromatic N) is 2. The zero-order valence-corrected chi connectivity index (χ0v) is 18.3. The van der Waals surface area contributed by atoms with Gasteiger partial charge in [-0.15, -0.1) is 11.3 Å². The predicted molar refractivity (Wildman–Crippen MR) is 112 cm³/mol. The molecule has 2 N–H and O–H groups in total. The third kappa shape index (κ3) is 5.06. The number of anilines is 2. The third-order valence-corrected chi connectivity index (χ3v) is 6.42. The highest BCUT2D eigenvalue weighted by Crippen LogP contribution is 2.29. The van der Waals surface area contributed by atoms with Gasteiger partial charge < -0.3 is 24.4 Å². The van der Waals surface area contributed by atoms with Crippen LogP contribution in [-0.2, 0) is 14.3 Å². The van der Waals surface area contributed by atoms with Gasteiger partial charge in [-0.1, -0.05) is 5.16 Å². The van der Waals surface area contributed by atoms with Crippen LogP contribution in [0.3, 0.4) is 0 Å². The Hall–Kier alpha value is -2.72. The van der Waals surface area contributed by atoms with Gasteiger partial charge in [0.2, 0.25) is 0 Å². The number of quaternary nitrogens is 1. The Kier molecular flexibility index (Phi) is 6.88.